The summed E-state index contributed by atoms with van der Waals surface area (Å²) in [6, 6.07) is 6.86. The van der Waals surface area contributed by atoms with Crippen LogP contribution in [0.1, 0.15) is 58.3 Å². The minimum atomic E-state index is -0.734. The van der Waals surface area contributed by atoms with Crippen LogP contribution >= 0.6 is 0 Å². The van der Waals surface area contributed by atoms with E-state index >= 15 is 0 Å². The number of amides is 1. The van der Waals surface area contributed by atoms with Crippen LogP contribution in [-0.2, 0) is 14.3 Å². The molecule has 1 aromatic carbocycles. The Morgan fingerprint density at radius 1 is 1.12 bits per heavy atom. The van der Waals surface area contributed by atoms with Gasteiger partial charge >= 0.3 is 5.97 Å². The molecule has 1 amide bonds. The number of aliphatic hydroxyl groups excluding tert-OH is 1. The minimum absolute atomic E-state index is 0.0232. The number of likely N-dealkylation sites (tertiary alicyclic amines) is 1. The SMILES string of the molecule is CCN(CC)CCN1C(=O)C(=O)/C(=C(/O)c2c(C)[nH]c(C(=O)OC)c2C)[C@H]1c1ccc(C)cc1. The molecule has 34 heavy (non-hydrogen) atoms. The van der Waals surface area contributed by atoms with Crippen molar-refractivity contribution in [3.8, 4) is 0 Å². The number of aromatic amines is 1. The first-order valence-electron chi connectivity index (χ1n) is 11.5. The molecule has 1 aliphatic heterocycles. The summed E-state index contributed by atoms with van der Waals surface area (Å²) in [5, 5.41) is 11.4. The Bertz CT molecular complexity index is 1130. The molecule has 0 radical (unpaired) electrons. The first-order chi connectivity index (χ1) is 16.2. The molecule has 8 nitrogen and oxygen atoms in total. The number of aliphatic hydroxyl groups is 1. The van der Waals surface area contributed by atoms with Gasteiger partial charge in [-0.25, -0.2) is 4.79 Å². The van der Waals surface area contributed by atoms with E-state index in [2.05, 4.69) is 9.88 Å². The zero-order valence-corrected chi connectivity index (χ0v) is 20.7. The van der Waals surface area contributed by atoms with Gasteiger partial charge in [0, 0.05) is 24.3 Å². The molecule has 2 aromatic rings. The predicted octanol–water partition coefficient (Wildman–Crippen LogP) is 3.49. The molecule has 1 aliphatic rings. The van der Waals surface area contributed by atoms with E-state index < -0.39 is 23.7 Å². The summed E-state index contributed by atoms with van der Waals surface area (Å²) in [6.45, 7) is 12.0. The third-order valence-electron chi connectivity index (χ3n) is 6.55. The monoisotopic (exact) mass is 467 g/mol. The van der Waals surface area contributed by atoms with Gasteiger partial charge in [0.05, 0.1) is 18.7 Å². The Morgan fingerprint density at radius 3 is 2.29 bits per heavy atom. The molecule has 0 bridgehead atoms. The van der Waals surface area contributed by atoms with Crippen LogP contribution in [0.4, 0.5) is 0 Å². The maximum Gasteiger partial charge on any atom is 0.354 e. The summed E-state index contributed by atoms with van der Waals surface area (Å²) in [5.41, 5.74) is 3.30. The van der Waals surface area contributed by atoms with E-state index in [1.165, 1.54) is 12.0 Å². The Labute approximate surface area is 200 Å². The second-order valence-electron chi connectivity index (χ2n) is 8.55. The fourth-order valence-electron chi connectivity index (χ4n) is 4.54. The summed E-state index contributed by atoms with van der Waals surface area (Å²) >= 11 is 0. The second kappa shape index (κ2) is 10.3. The van der Waals surface area contributed by atoms with Crippen LogP contribution < -0.4 is 0 Å². The predicted molar refractivity (Wildman–Crippen MR) is 130 cm³/mol. The fourth-order valence-corrected chi connectivity index (χ4v) is 4.54. The number of aromatic nitrogens is 1. The van der Waals surface area contributed by atoms with Gasteiger partial charge in [-0.2, -0.15) is 0 Å². The van der Waals surface area contributed by atoms with E-state index in [1.807, 2.05) is 45.0 Å². The number of esters is 1. The molecular weight excluding hydrogens is 434 g/mol. The zero-order chi connectivity index (χ0) is 25.2. The number of carbonyl (C=O) groups excluding carboxylic acids is 3. The number of likely N-dealkylation sites (N-methyl/N-ethyl adjacent to an activating group) is 1. The van der Waals surface area contributed by atoms with Crippen molar-refractivity contribution in [2.24, 2.45) is 0 Å². The largest absolute Gasteiger partial charge is 0.507 e. The van der Waals surface area contributed by atoms with Crippen molar-refractivity contribution >= 4 is 23.4 Å². The standard InChI is InChI=1S/C26H33N3O5/c1-7-28(8-2)13-14-29-22(18-11-9-15(3)10-12-18)20(24(31)25(29)32)23(30)19-16(4)21(26(33)34-6)27-17(19)5/h9-12,22,27,30H,7-8,13-14H2,1-6H3/b23-20+/t22-/m1/s1. The summed E-state index contributed by atoms with van der Waals surface area (Å²) in [4.78, 5) is 45.2. The normalized spacial score (nSPS) is 17.6. The lowest BCUT2D eigenvalue weighted by Gasteiger charge is -2.28. The van der Waals surface area contributed by atoms with Crippen molar-refractivity contribution in [2.45, 2.75) is 40.7 Å². The molecule has 1 atom stereocenters. The van der Waals surface area contributed by atoms with E-state index in [4.69, 9.17) is 4.74 Å². The highest BCUT2D eigenvalue weighted by Gasteiger charge is 2.46. The number of H-pyrrole nitrogens is 1. The van der Waals surface area contributed by atoms with Crippen molar-refractivity contribution in [3.63, 3.8) is 0 Å². The summed E-state index contributed by atoms with van der Waals surface area (Å²) in [7, 11) is 1.27. The first-order valence-corrected chi connectivity index (χ1v) is 11.5. The van der Waals surface area contributed by atoms with Gasteiger partial charge in [-0.15, -0.1) is 0 Å². The molecular formula is C26H33N3O5. The molecule has 3 rings (SSSR count). The van der Waals surface area contributed by atoms with Crippen LogP contribution in [0.5, 0.6) is 0 Å². The van der Waals surface area contributed by atoms with Crippen LogP contribution in [0.25, 0.3) is 5.76 Å². The Kier molecular flexibility index (Phi) is 7.61. The number of methoxy groups -OCH3 is 1. The van der Waals surface area contributed by atoms with Gasteiger partial charge in [0.15, 0.2) is 0 Å². The number of carbonyl (C=O) groups is 3. The number of nitrogens with one attached hydrogen (secondary N) is 1. The van der Waals surface area contributed by atoms with Gasteiger partial charge in [-0.05, 0) is 45.0 Å². The number of rotatable bonds is 8. The van der Waals surface area contributed by atoms with Gasteiger partial charge in [0.1, 0.15) is 11.5 Å². The van der Waals surface area contributed by atoms with E-state index in [9.17, 15) is 19.5 Å². The van der Waals surface area contributed by atoms with E-state index in [-0.39, 0.29) is 17.0 Å². The highest BCUT2D eigenvalue weighted by atomic mass is 16.5. The smallest absolute Gasteiger partial charge is 0.354 e. The van der Waals surface area contributed by atoms with Crippen LogP contribution in [0, 0.1) is 20.8 Å². The van der Waals surface area contributed by atoms with Crippen LogP contribution in [-0.4, -0.2) is 70.8 Å². The number of aryl methyl sites for hydroxylation is 2. The highest BCUT2D eigenvalue weighted by molar-refractivity contribution is 6.46. The zero-order valence-electron chi connectivity index (χ0n) is 20.7. The minimum Gasteiger partial charge on any atom is -0.507 e. The van der Waals surface area contributed by atoms with Gasteiger partial charge < -0.3 is 24.6 Å². The number of Topliss-reactive ketones (excluding diaryl/α,β-unsaturated/α-hetero) is 1. The van der Waals surface area contributed by atoms with Crippen molar-refractivity contribution in [2.75, 3.05) is 33.3 Å². The molecule has 1 fully saturated rings. The number of hydrogen-bond acceptors (Lipinski definition) is 6. The molecule has 0 unspecified atom stereocenters. The van der Waals surface area contributed by atoms with E-state index in [1.54, 1.807) is 13.8 Å². The lowest BCUT2D eigenvalue weighted by Crippen LogP contribution is -2.38. The van der Waals surface area contributed by atoms with Crippen molar-refractivity contribution in [1.29, 1.82) is 0 Å². The van der Waals surface area contributed by atoms with Crippen molar-refractivity contribution in [1.82, 2.24) is 14.8 Å². The molecule has 0 saturated carbocycles. The average molecular weight is 468 g/mol. The van der Waals surface area contributed by atoms with Crippen LogP contribution in [0.2, 0.25) is 0 Å². The number of nitrogens with zero attached hydrogens (tertiary/aromatic N) is 2. The lowest BCUT2D eigenvalue weighted by atomic mass is 9.93. The maximum atomic E-state index is 13.3. The fraction of sp³-hybridized carbons (Fsp3) is 0.423. The molecule has 0 aliphatic carbocycles. The van der Waals surface area contributed by atoms with Crippen molar-refractivity contribution < 1.29 is 24.2 Å². The van der Waals surface area contributed by atoms with E-state index in [0.717, 1.165) is 24.2 Å². The summed E-state index contributed by atoms with van der Waals surface area (Å²) < 4.78 is 4.82. The summed E-state index contributed by atoms with van der Waals surface area (Å²) in [6.07, 6.45) is 0. The average Bonchev–Trinajstić information content (AvgIpc) is 3.26. The number of ketones is 1. The van der Waals surface area contributed by atoms with Crippen molar-refractivity contribution in [3.05, 3.63) is 63.5 Å². The third-order valence-corrected chi connectivity index (χ3v) is 6.55. The third kappa shape index (κ3) is 4.50. The lowest BCUT2D eigenvalue weighted by molar-refractivity contribution is -0.140. The van der Waals surface area contributed by atoms with Crippen LogP contribution in [0.15, 0.2) is 29.8 Å². The molecule has 1 saturated heterocycles. The Balaban J connectivity index is 2.17. The molecule has 182 valence electrons. The second-order valence-corrected chi connectivity index (χ2v) is 8.55. The highest BCUT2D eigenvalue weighted by Crippen LogP contribution is 2.40. The van der Waals surface area contributed by atoms with E-state index in [0.29, 0.717) is 29.9 Å². The quantitative estimate of drug-likeness (QED) is 0.267. The van der Waals surface area contributed by atoms with Crippen LogP contribution in [0.3, 0.4) is 0 Å². The van der Waals surface area contributed by atoms with Gasteiger partial charge in [-0.1, -0.05) is 43.7 Å². The Morgan fingerprint density at radius 2 is 1.74 bits per heavy atom. The Hall–Kier alpha value is -3.39. The van der Waals surface area contributed by atoms with Gasteiger partial charge in [0.25, 0.3) is 11.7 Å². The van der Waals surface area contributed by atoms with Gasteiger partial charge in [0.2, 0.25) is 0 Å². The number of ether oxygens (including phenoxy) is 1. The number of benzene rings is 1. The van der Waals surface area contributed by atoms with Gasteiger partial charge in [-0.3, -0.25) is 9.59 Å². The summed E-state index contributed by atoms with van der Waals surface area (Å²) in [5.74, 6) is -2.24. The molecule has 2 N–H and O–H groups in total. The first kappa shape index (κ1) is 25.2. The molecule has 2 heterocycles. The molecule has 0 spiro atoms. The number of hydrogen-bond donors (Lipinski definition) is 2. The maximum absolute atomic E-state index is 13.3. The molecule has 8 heteroatoms. The molecule has 1 aromatic heterocycles. The topological polar surface area (TPSA) is 103 Å².